The largest absolute Gasteiger partial charge is 0.332 e. The van der Waals surface area contributed by atoms with Crippen LogP contribution < -0.4 is 10.7 Å². The molecule has 1 amide bonds. The number of hydrazone groups is 1. The molecule has 2 N–H and O–H groups in total. The van der Waals surface area contributed by atoms with E-state index in [1.165, 1.54) is 16.7 Å². The van der Waals surface area contributed by atoms with Crippen molar-refractivity contribution in [1.29, 1.82) is 0 Å². The van der Waals surface area contributed by atoms with Gasteiger partial charge in [0.1, 0.15) is 0 Å². The first kappa shape index (κ1) is 26.1. The second-order valence-corrected chi connectivity index (χ2v) is 10.6. The molecule has 2 aromatic heterocycles. The van der Waals surface area contributed by atoms with Crippen LogP contribution in [0.1, 0.15) is 44.0 Å². The number of nitrogens with zero attached hydrogens (tertiary/aromatic N) is 3. The van der Waals surface area contributed by atoms with Gasteiger partial charge in [0.25, 0.3) is 5.91 Å². The fourth-order valence-corrected chi connectivity index (χ4v) is 5.33. The molecular formula is C32H31N5OS. The quantitative estimate of drug-likeness (QED) is 0.167. The zero-order chi connectivity index (χ0) is 27.5. The Kier molecular flexibility index (Phi) is 7.43. The number of nitrogens with one attached hydrogen (secondary N) is 2. The van der Waals surface area contributed by atoms with Crippen LogP contribution in [0.2, 0.25) is 0 Å². The first-order chi connectivity index (χ1) is 18.8. The molecule has 0 saturated carbocycles. The summed E-state index contributed by atoms with van der Waals surface area (Å²) in [6, 6.07) is 24.1. The zero-order valence-corrected chi connectivity index (χ0v) is 23.6. The van der Waals surface area contributed by atoms with Crippen LogP contribution >= 0.6 is 11.3 Å². The van der Waals surface area contributed by atoms with Crippen LogP contribution in [0.4, 0.5) is 10.8 Å². The lowest BCUT2D eigenvalue weighted by Crippen LogP contribution is -2.17. The van der Waals surface area contributed by atoms with E-state index in [2.05, 4.69) is 96.4 Å². The Labute approximate surface area is 233 Å². The number of aryl methyl sites for hydroxylation is 4. The van der Waals surface area contributed by atoms with E-state index in [9.17, 15) is 4.79 Å². The molecule has 0 aliphatic rings. The van der Waals surface area contributed by atoms with Gasteiger partial charge in [0.05, 0.1) is 11.9 Å². The molecule has 0 fully saturated rings. The van der Waals surface area contributed by atoms with Crippen molar-refractivity contribution < 1.29 is 4.79 Å². The van der Waals surface area contributed by atoms with Gasteiger partial charge in [-0.1, -0.05) is 47.5 Å². The second-order valence-electron chi connectivity index (χ2n) is 9.76. The molecule has 0 spiro atoms. The summed E-state index contributed by atoms with van der Waals surface area (Å²) in [6.07, 6.45) is 1.70. The molecule has 5 rings (SSSR count). The highest BCUT2D eigenvalue weighted by molar-refractivity contribution is 7.14. The third-order valence-corrected chi connectivity index (χ3v) is 7.44. The van der Waals surface area contributed by atoms with Crippen LogP contribution in [0.3, 0.4) is 0 Å². The van der Waals surface area contributed by atoms with Crippen molar-refractivity contribution in [1.82, 2.24) is 15.0 Å². The van der Waals surface area contributed by atoms with Crippen LogP contribution in [0.5, 0.6) is 0 Å². The predicted octanol–water partition coefficient (Wildman–Crippen LogP) is 7.65. The summed E-state index contributed by atoms with van der Waals surface area (Å²) in [5, 5.41) is 10.4. The Balaban J connectivity index is 1.23. The SMILES string of the molecule is Cc1ccc(Nc2nc(-c3ccc(C(=O)N/N=C\c4cc(C)n(-c5ccc(C)cc5C)c4C)cc3)cs2)cc1. The summed E-state index contributed by atoms with van der Waals surface area (Å²) in [6.45, 7) is 10.4. The van der Waals surface area contributed by atoms with Gasteiger partial charge in [0.2, 0.25) is 0 Å². The number of anilines is 2. The van der Waals surface area contributed by atoms with E-state index in [1.54, 1.807) is 29.7 Å². The molecule has 7 heteroatoms. The van der Waals surface area contributed by atoms with E-state index in [4.69, 9.17) is 0 Å². The van der Waals surface area contributed by atoms with Gasteiger partial charge in [-0.2, -0.15) is 5.10 Å². The van der Waals surface area contributed by atoms with Gasteiger partial charge in [0.15, 0.2) is 5.13 Å². The predicted molar refractivity (Wildman–Crippen MR) is 162 cm³/mol. The standard InChI is InChI=1S/C32H31N5OS/c1-20-6-13-28(14-7-20)34-32-35-29(19-39-32)25-9-11-26(12-10-25)31(38)36-33-18-27-17-23(4)37(24(27)5)30-15-8-21(2)16-22(30)3/h6-19H,1-5H3,(H,34,35)(H,36,38)/b33-18-. The molecule has 5 aromatic rings. The van der Waals surface area contributed by atoms with Gasteiger partial charge in [-0.05, 0) is 76.6 Å². The molecule has 39 heavy (non-hydrogen) atoms. The monoisotopic (exact) mass is 533 g/mol. The van der Waals surface area contributed by atoms with Crippen molar-refractivity contribution in [3.05, 3.63) is 117 Å². The zero-order valence-electron chi connectivity index (χ0n) is 22.7. The average Bonchev–Trinajstić information content (AvgIpc) is 3.49. The van der Waals surface area contributed by atoms with Crippen molar-refractivity contribution in [3.8, 4) is 16.9 Å². The Morgan fingerprint density at radius 3 is 2.33 bits per heavy atom. The van der Waals surface area contributed by atoms with E-state index in [0.29, 0.717) is 5.56 Å². The minimum Gasteiger partial charge on any atom is -0.332 e. The number of amides is 1. The first-order valence-corrected chi connectivity index (χ1v) is 13.7. The van der Waals surface area contributed by atoms with Crippen molar-refractivity contribution >= 4 is 34.3 Å². The smallest absolute Gasteiger partial charge is 0.271 e. The molecule has 196 valence electrons. The highest BCUT2D eigenvalue weighted by Gasteiger charge is 2.12. The van der Waals surface area contributed by atoms with E-state index in [1.807, 2.05) is 29.6 Å². The Morgan fingerprint density at radius 1 is 0.897 bits per heavy atom. The van der Waals surface area contributed by atoms with Gasteiger partial charge < -0.3 is 9.88 Å². The van der Waals surface area contributed by atoms with Crippen LogP contribution in [0, 0.1) is 34.6 Å². The molecule has 0 radical (unpaired) electrons. The summed E-state index contributed by atoms with van der Waals surface area (Å²) in [4.78, 5) is 17.4. The third kappa shape index (κ3) is 5.84. The highest BCUT2D eigenvalue weighted by Crippen LogP contribution is 2.28. The number of hydrogen-bond acceptors (Lipinski definition) is 5. The lowest BCUT2D eigenvalue weighted by atomic mass is 10.1. The summed E-state index contributed by atoms with van der Waals surface area (Å²) >= 11 is 1.54. The minimum atomic E-state index is -0.263. The van der Waals surface area contributed by atoms with Gasteiger partial charge >= 0.3 is 0 Å². The maximum Gasteiger partial charge on any atom is 0.271 e. The van der Waals surface area contributed by atoms with Gasteiger partial charge in [-0.3, -0.25) is 4.79 Å². The van der Waals surface area contributed by atoms with Gasteiger partial charge in [-0.25, -0.2) is 10.4 Å². The molecule has 0 aliphatic heterocycles. The fourth-order valence-electron chi connectivity index (χ4n) is 4.59. The van der Waals surface area contributed by atoms with Crippen molar-refractivity contribution in [2.24, 2.45) is 5.10 Å². The topological polar surface area (TPSA) is 71.3 Å². The van der Waals surface area contributed by atoms with Crippen molar-refractivity contribution in [2.75, 3.05) is 5.32 Å². The van der Waals surface area contributed by atoms with Crippen molar-refractivity contribution in [3.63, 3.8) is 0 Å². The van der Waals surface area contributed by atoms with E-state index >= 15 is 0 Å². The van der Waals surface area contributed by atoms with Crippen LogP contribution in [0.15, 0.2) is 83.3 Å². The maximum absolute atomic E-state index is 12.7. The lowest BCUT2D eigenvalue weighted by Gasteiger charge is -2.13. The highest BCUT2D eigenvalue weighted by atomic mass is 32.1. The molecule has 0 aliphatic carbocycles. The van der Waals surface area contributed by atoms with E-state index < -0.39 is 0 Å². The molecule has 0 saturated heterocycles. The number of benzene rings is 3. The van der Waals surface area contributed by atoms with Crippen LogP contribution in [0.25, 0.3) is 16.9 Å². The van der Waals surface area contributed by atoms with Crippen molar-refractivity contribution in [2.45, 2.75) is 34.6 Å². The Bertz CT molecular complexity index is 1660. The number of hydrogen-bond donors (Lipinski definition) is 2. The summed E-state index contributed by atoms with van der Waals surface area (Å²) < 4.78 is 2.22. The number of carbonyl (C=O) groups is 1. The normalized spacial score (nSPS) is 11.2. The van der Waals surface area contributed by atoms with Crippen LogP contribution in [-0.2, 0) is 0 Å². The molecule has 0 bridgehead atoms. The Morgan fingerprint density at radius 2 is 1.62 bits per heavy atom. The summed E-state index contributed by atoms with van der Waals surface area (Å²) in [5.74, 6) is -0.263. The lowest BCUT2D eigenvalue weighted by molar-refractivity contribution is 0.0955. The molecule has 2 heterocycles. The second kappa shape index (κ2) is 11.1. The number of aromatic nitrogens is 2. The number of thiazole rings is 1. The van der Waals surface area contributed by atoms with E-state index in [0.717, 1.165) is 44.7 Å². The average molecular weight is 534 g/mol. The molecule has 0 unspecified atom stereocenters. The Hall–Kier alpha value is -4.49. The molecule has 3 aromatic carbocycles. The maximum atomic E-state index is 12.7. The first-order valence-electron chi connectivity index (χ1n) is 12.8. The van der Waals surface area contributed by atoms with Crippen LogP contribution in [-0.4, -0.2) is 21.7 Å². The molecular weight excluding hydrogens is 502 g/mol. The van der Waals surface area contributed by atoms with Gasteiger partial charge in [-0.15, -0.1) is 11.3 Å². The molecule has 6 nitrogen and oxygen atoms in total. The molecule has 0 atom stereocenters. The summed E-state index contributed by atoms with van der Waals surface area (Å²) in [7, 11) is 0. The van der Waals surface area contributed by atoms with Gasteiger partial charge in [0, 0.05) is 44.8 Å². The fraction of sp³-hybridized carbons (Fsp3) is 0.156. The minimum absolute atomic E-state index is 0.263. The van der Waals surface area contributed by atoms with E-state index in [-0.39, 0.29) is 5.91 Å². The summed E-state index contributed by atoms with van der Waals surface area (Å²) in [5.41, 5.74) is 14.0. The number of carbonyl (C=O) groups excluding carboxylic acids is 1. The third-order valence-electron chi connectivity index (χ3n) is 6.68. The number of rotatable bonds is 7.